The minimum Gasteiger partial charge on any atom is -0.392 e. The van der Waals surface area contributed by atoms with Gasteiger partial charge in [-0.3, -0.25) is 9.89 Å². The van der Waals surface area contributed by atoms with Crippen LogP contribution in [0.1, 0.15) is 12.0 Å². The third-order valence-electron chi connectivity index (χ3n) is 5.15. The number of aliphatic hydroxyl groups excluding tert-OH is 1. The van der Waals surface area contributed by atoms with Gasteiger partial charge in [-0.2, -0.15) is 5.10 Å². The first-order valence-corrected chi connectivity index (χ1v) is 9.30. The first-order chi connectivity index (χ1) is 14.1. The quantitative estimate of drug-likeness (QED) is 0.487. The molecule has 2 atom stereocenters. The molecule has 2 unspecified atom stereocenters. The summed E-state index contributed by atoms with van der Waals surface area (Å²) in [4.78, 5) is 16.3. The van der Waals surface area contributed by atoms with Crippen LogP contribution in [0.5, 0.6) is 0 Å². The van der Waals surface area contributed by atoms with Crippen molar-refractivity contribution in [1.29, 1.82) is 0 Å². The van der Waals surface area contributed by atoms with E-state index in [0.717, 1.165) is 27.9 Å². The molecule has 0 saturated heterocycles. The second-order valence-electron chi connectivity index (χ2n) is 7.16. The number of fused-ring (bicyclic) bond motifs is 1. The molecule has 146 valence electrons. The zero-order valence-electron chi connectivity index (χ0n) is 15.3. The van der Waals surface area contributed by atoms with Crippen molar-refractivity contribution in [1.82, 2.24) is 19.6 Å². The van der Waals surface area contributed by atoms with Crippen molar-refractivity contribution < 1.29 is 14.3 Å². The molecular weight excluding hydrogens is 373 g/mol. The number of nitrogens with one attached hydrogen (secondary N) is 2. The van der Waals surface area contributed by atoms with Crippen molar-refractivity contribution in [3.05, 3.63) is 60.6 Å². The van der Waals surface area contributed by atoms with Crippen molar-refractivity contribution >= 4 is 17.4 Å². The largest absolute Gasteiger partial charge is 0.392 e. The minimum atomic E-state index is -1.04. The molecule has 1 amide bonds. The molecule has 3 heterocycles. The molecule has 1 saturated carbocycles. The van der Waals surface area contributed by atoms with Crippen LogP contribution >= 0.6 is 0 Å². The lowest BCUT2D eigenvalue weighted by atomic mass is 9.97. The third kappa shape index (κ3) is 3.27. The average molecular weight is 391 g/mol. The molecule has 4 aromatic rings. The highest BCUT2D eigenvalue weighted by Gasteiger charge is 2.43. The van der Waals surface area contributed by atoms with Gasteiger partial charge in [0.1, 0.15) is 11.8 Å². The number of hydrogen-bond donors (Lipinski definition) is 3. The lowest BCUT2D eigenvalue weighted by Crippen LogP contribution is -2.15. The van der Waals surface area contributed by atoms with Crippen molar-refractivity contribution in [2.75, 3.05) is 5.32 Å². The van der Waals surface area contributed by atoms with Crippen molar-refractivity contribution in [3.8, 4) is 22.4 Å². The zero-order chi connectivity index (χ0) is 20.0. The summed E-state index contributed by atoms with van der Waals surface area (Å²) in [7, 11) is 0. The Labute approximate surface area is 165 Å². The topological polar surface area (TPSA) is 95.3 Å². The summed E-state index contributed by atoms with van der Waals surface area (Å²) in [6, 6.07) is 11.4. The molecule has 3 N–H and O–H groups in total. The van der Waals surface area contributed by atoms with Crippen LogP contribution in [-0.2, 0) is 11.4 Å². The SMILES string of the molecule is O=C(Nc1cn2cc(-c3cc(-c4ccn[nH]4)ccc3CO)ccc2n1)C1CC1F. The third-order valence-corrected chi connectivity index (χ3v) is 5.15. The molecule has 1 fully saturated rings. The molecule has 1 aliphatic carbocycles. The predicted molar refractivity (Wildman–Crippen MR) is 106 cm³/mol. The number of amides is 1. The number of pyridine rings is 1. The number of aliphatic hydroxyl groups is 1. The summed E-state index contributed by atoms with van der Waals surface area (Å²) in [5.74, 6) is -0.511. The van der Waals surface area contributed by atoms with E-state index in [2.05, 4.69) is 20.5 Å². The van der Waals surface area contributed by atoms with Gasteiger partial charge in [0, 0.05) is 18.0 Å². The maximum atomic E-state index is 13.1. The monoisotopic (exact) mass is 391 g/mol. The first-order valence-electron chi connectivity index (χ1n) is 9.30. The number of halogens is 1. The number of anilines is 1. The standard InChI is InChI=1S/C21H18FN5O2/c22-17-8-16(17)21(29)25-19-10-27-9-13(3-4-20(27)24-19)15-7-12(1-2-14(15)11-28)18-5-6-23-26-18/h1-7,9-10,16-17,28H,8,11H2,(H,23,26)(H,25,29). The molecule has 7 nitrogen and oxygen atoms in total. The van der Waals surface area contributed by atoms with Gasteiger partial charge in [-0.15, -0.1) is 0 Å². The second kappa shape index (κ2) is 6.82. The smallest absolute Gasteiger partial charge is 0.231 e. The highest BCUT2D eigenvalue weighted by molar-refractivity contribution is 5.94. The normalized spacial score (nSPS) is 18.1. The number of carbonyl (C=O) groups is 1. The maximum Gasteiger partial charge on any atom is 0.231 e. The summed E-state index contributed by atoms with van der Waals surface area (Å²) >= 11 is 0. The molecular formula is C21H18FN5O2. The summed E-state index contributed by atoms with van der Waals surface area (Å²) in [6.07, 6.45) is 4.51. The van der Waals surface area contributed by atoms with Gasteiger partial charge in [-0.25, -0.2) is 9.37 Å². The summed E-state index contributed by atoms with van der Waals surface area (Å²) < 4.78 is 14.9. The van der Waals surface area contributed by atoms with Crippen LogP contribution in [0, 0.1) is 5.92 Å². The number of carbonyl (C=O) groups excluding carboxylic acids is 1. The lowest BCUT2D eigenvalue weighted by Gasteiger charge is -2.10. The summed E-state index contributed by atoms with van der Waals surface area (Å²) in [5, 5.41) is 19.4. The van der Waals surface area contributed by atoms with Gasteiger partial charge in [0.05, 0.1) is 24.4 Å². The lowest BCUT2D eigenvalue weighted by molar-refractivity contribution is -0.117. The van der Waals surface area contributed by atoms with E-state index < -0.39 is 12.1 Å². The number of aromatic amines is 1. The van der Waals surface area contributed by atoms with Gasteiger partial charge in [-0.1, -0.05) is 12.1 Å². The van der Waals surface area contributed by atoms with E-state index in [4.69, 9.17) is 0 Å². The van der Waals surface area contributed by atoms with Gasteiger partial charge >= 0.3 is 0 Å². The molecule has 5 rings (SSSR count). The van der Waals surface area contributed by atoms with Crippen LogP contribution in [0.25, 0.3) is 28.0 Å². The Bertz CT molecular complexity index is 1200. The molecule has 0 spiro atoms. The van der Waals surface area contributed by atoms with E-state index in [1.54, 1.807) is 16.8 Å². The van der Waals surface area contributed by atoms with E-state index in [0.29, 0.717) is 11.5 Å². The first kappa shape index (κ1) is 17.6. The summed E-state index contributed by atoms with van der Waals surface area (Å²) in [6.45, 7) is -0.0896. The van der Waals surface area contributed by atoms with Crippen LogP contribution in [0.4, 0.5) is 10.2 Å². The number of rotatable bonds is 5. The number of aromatic nitrogens is 4. The fourth-order valence-corrected chi connectivity index (χ4v) is 3.43. The molecule has 8 heteroatoms. The van der Waals surface area contributed by atoms with E-state index in [-0.39, 0.29) is 18.9 Å². The second-order valence-corrected chi connectivity index (χ2v) is 7.16. The van der Waals surface area contributed by atoms with Crippen LogP contribution in [0.3, 0.4) is 0 Å². The van der Waals surface area contributed by atoms with E-state index in [1.165, 1.54) is 0 Å². The van der Waals surface area contributed by atoms with Crippen LogP contribution in [0.2, 0.25) is 0 Å². The van der Waals surface area contributed by atoms with E-state index >= 15 is 0 Å². The Kier molecular flexibility index (Phi) is 4.13. The Morgan fingerprint density at radius 1 is 1.24 bits per heavy atom. The Morgan fingerprint density at radius 2 is 2.07 bits per heavy atom. The number of alkyl halides is 1. The van der Waals surface area contributed by atoms with Gasteiger partial charge in [0.15, 0.2) is 5.82 Å². The maximum absolute atomic E-state index is 13.1. The zero-order valence-corrected chi connectivity index (χ0v) is 15.3. The predicted octanol–water partition coefficient (Wildman–Crippen LogP) is 3.18. The van der Waals surface area contributed by atoms with Crippen molar-refractivity contribution in [2.45, 2.75) is 19.2 Å². The molecule has 1 aliphatic rings. The molecule has 1 aromatic carbocycles. The van der Waals surface area contributed by atoms with Crippen molar-refractivity contribution in [3.63, 3.8) is 0 Å². The number of H-pyrrole nitrogens is 1. The highest BCUT2D eigenvalue weighted by atomic mass is 19.1. The fourth-order valence-electron chi connectivity index (χ4n) is 3.43. The van der Waals surface area contributed by atoms with Crippen molar-refractivity contribution in [2.24, 2.45) is 5.92 Å². The molecule has 29 heavy (non-hydrogen) atoms. The Morgan fingerprint density at radius 3 is 2.79 bits per heavy atom. The molecule has 0 aliphatic heterocycles. The highest BCUT2D eigenvalue weighted by Crippen LogP contribution is 2.35. The van der Waals surface area contributed by atoms with Crippen LogP contribution in [-0.4, -0.2) is 36.8 Å². The summed E-state index contributed by atoms with van der Waals surface area (Å²) in [5.41, 5.74) is 5.08. The molecule has 0 bridgehead atoms. The van der Waals surface area contributed by atoms with E-state index in [9.17, 15) is 14.3 Å². The fraction of sp³-hybridized carbons (Fsp3) is 0.190. The number of benzene rings is 1. The Hall–Kier alpha value is -3.52. The van der Waals surface area contributed by atoms with Gasteiger partial charge in [0.25, 0.3) is 0 Å². The van der Waals surface area contributed by atoms with Crippen LogP contribution < -0.4 is 5.32 Å². The molecule has 0 radical (unpaired) electrons. The van der Waals surface area contributed by atoms with Gasteiger partial charge in [-0.05, 0) is 47.4 Å². The number of hydrogen-bond acceptors (Lipinski definition) is 4. The number of imidazole rings is 1. The Balaban J connectivity index is 1.50. The van der Waals surface area contributed by atoms with Gasteiger partial charge in [0.2, 0.25) is 5.91 Å². The van der Waals surface area contributed by atoms with Gasteiger partial charge < -0.3 is 14.8 Å². The minimum absolute atomic E-state index is 0.0896. The number of nitrogens with zero attached hydrogens (tertiary/aromatic N) is 3. The molecule has 3 aromatic heterocycles. The average Bonchev–Trinajstić information content (AvgIpc) is 3.12. The van der Waals surface area contributed by atoms with E-state index in [1.807, 2.05) is 42.6 Å². The van der Waals surface area contributed by atoms with Crippen LogP contribution in [0.15, 0.2) is 55.0 Å².